The second-order valence-electron chi connectivity index (χ2n) is 7.75. The molecule has 0 aromatic carbocycles. The smallest absolute Gasteiger partial charge is 0.233 e. The van der Waals surface area contributed by atoms with Gasteiger partial charge in [-0.15, -0.1) is 0 Å². The van der Waals surface area contributed by atoms with Gasteiger partial charge in [0.05, 0.1) is 16.8 Å². The summed E-state index contributed by atoms with van der Waals surface area (Å²) in [5.41, 5.74) is 0.351. The summed E-state index contributed by atoms with van der Waals surface area (Å²) in [7, 11) is 1.90. The minimum absolute atomic E-state index is 0.129. The number of amides is 2. The highest BCUT2D eigenvalue weighted by Crippen LogP contribution is 2.65. The molecule has 2 aliphatic carbocycles. The lowest BCUT2D eigenvalue weighted by atomic mass is 9.97. The van der Waals surface area contributed by atoms with E-state index in [0.29, 0.717) is 30.7 Å². The van der Waals surface area contributed by atoms with Gasteiger partial charge < -0.3 is 9.80 Å². The summed E-state index contributed by atoms with van der Waals surface area (Å²) in [6.45, 7) is 1.33. The molecule has 0 N–H and O–H groups in total. The number of likely N-dealkylation sites (tertiary alicyclic amines) is 1. The number of pyridine rings is 1. The van der Waals surface area contributed by atoms with E-state index in [1.54, 1.807) is 6.20 Å². The first kappa shape index (κ1) is 16.9. The molecule has 2 amide bonds. The lowest BCUT2D eigenvalue weighted by Crippen LogP contribution is -2.61. The van der Waals surface area contributed by atoms with Gasteiger partial charge in [-0.1, -0.05) is 24.2 Å². The number of hydrogen-bond donors (Lipinski definition) is 0. The molecule has 25 heavy (non-hydrogen) atoms. The van der Waals surface area contributed by atoms with Crippen LogP contribution in [0.4, 0.5) is 0 Å². The first-order valence-electron chi connectivity index (χ1n) is 9.15. The molecule has 3 aliphatic rings. The number of aromatic nitrogens is 1. The Morgan fingerprint density at radius 2 is 2.24 bits per heavy atom. The van der Waals surface area contributed by atoms with Gasteiger partial charge in [-0.3, -0.25) is 9.59 Å². The largest absolute Gasteiger partial charge is 0.339 e. The Kier molecular flexibility index (Phi) is 4.48. The molecule has 3 fully saturated rings. The van der Waals surface area contributed by atoms with Crippen molar-refractivity contribution in [2.45, 2.75) is 43.2 Å². The maximum absolute atomic E-state index is 12.6. The van der Waals surface area contributed by atoms with Gasteiger partial charge in [-0.2, -0.15) is 0 Å². The number of carbonyl (C=O) groups excluding carboxylic acids is 2. The zero-order chi connectivity index (χ0) is 17.4. The van der Waals surface area contributed by atoms with Gasteiger partial charge in [0.2, 0.25) is 11.8 Å². The lowest BCUT2D eigenvalue weighted by Gasteiger charge is -2.44. The van der Waals surface area contributed by atoms with Crippen molar-refractivity contribution in [3.8, 4) is 0 Å². The van der Waals surface area contributed by atoms with E-state index in [-0.39, 0.29) is 17.9 Å². The molecule has 2 saturated carbocycles. The molecule has 6 heteroatoms. The number of nitrogens with zero attached hydrogens (tertiary/aromatic N) is 3. The molecule has 2 unspecified atom stereocenters. The van der Waals surface area contributed by atoms with Crippen LogP contribution in [-0.4, -0.2) is 58.5 Å². The molecule has 0 spiro atoms. The van der Waals surface area contributed by atoms with Gasteiger partial charge in [-0.25, -0.2) is 4.98 Å². The van der Waals surface area contributed by atoms with Crippen molar-refractivity contribution in [3.63, 3.8) is 0 Å². The molecule has 134 valence electrons. The van der Waals surface area contributed by atoms with E-state index < -0.39 is 0 Å². The van der Waals surface area contributed by atoms with Crippen LogP contribution in [-0.2, 0) is 9.59 Å². The molecule has 1 aliphatic heterocycles. The van der Waals surface area contributed by atoms with E-state index in [9.17, 15) is 9.59 Å². The van der Waals surface area contributed by atoms with E-state index >= 15 is 0 Å². The molecule has 1 aromatic heterocycles. The molecule has 2 heterocycles. The van der Waals surface area contributed by atoms with Crippen LogP contribution >= 0.6 is 11.8 Å². The Bertz CT molecular complexity index is 662. The normalized spacial score (nSPS) is 27.6. The van der Waals surface area contributed by atoms with Gasteiger partial charge in [0, 0.05) is 32.8 Å². The second kappa shape index (κ2) is 6.63. The maximum atomic E-state index is 12.6. The molecule has 0 radical (unpaired) electrons. The number of fused-ring (bicyclic) bond motifs is 1. The lowest BCUT2D eigenvalue weighted by molar-refractivity contribution is -0.144. The summed E-state index contributed by atoms with van der Waals surface area (Å²) in [6, 6.07) is 5.89. The van der Waals surface area contributed by atoms with Crippen LogP contribution in [0.2, 0.25) is 0 Å². The van der Waals surface area contributed by atoms with E-state index in [4.69, 9.17) is 0 Å². The highest BCUT2D eigenvalue weighted by Gasteiger charge is 2.57. The zero-order valence-electron chi connectivity index (χ0n) is 14.7. The van der Waals surface area contributed by atoms with E-state index in [2.05, 4.69) is 4.98 Å². The Morgan fingerprint density at radius 3 is 2.88 bits per heavy atom. The number of thioether (sulfide) groups is 1. The molecule has 1 saturated heterocycles. The average Bonchev–Trinajstić information content (AvgIpc) is 3.11. The fourth-order valence-electron chi connectivity index (χ4n) is 4.34. The summed E-state index contributed by atoms with van der Waals surface area (Å²) in [5.74, 6) is 1.62. The minimum atomic E-state index is 0.129. The van der Waals surface area contributed by atoms with E-state index in [0.717, 1.165) is 10.9 Å². The number of hydrogen-bond acceptors (Lipinski definition) is 4. The molecule has 2 atom stereocenters. The third-order valence-electron chi connectivity index (χ3n) is 6.23. The minimum Gasteiger partial charge on any atom is -0.339 e. The van der Waals surface area contributed by atoms with Crippen molar-refractivity contribution in [2.75, 3.05) is 25.9 Å². The predicted octanol–water partition coefficient (Wildman–Crippen LogP) is 2.42. The summed E-state index contributed by atoms with van der Waals surface area (Å²) in [4.78, 5) is 32.8. The van der Waals surface area contributed by atoms with Crippen LogP contribution in [0, 0.1) is 11.3 Å². The molecule has 5 nitrogen and oxygen atoms in total. The summed E-state index contributed by atoms with van der Waals surface area (Å²) < 4.78 is 0. The summed E-state index contributed by atoms with van der Waals surface area (Å²) in [6.07, 6.45) is 7.55. The van der Waals surface area contributed by atoms with Crippen molar-refractivity contribution < 1.29 is 9.59 Å². The molecule has 1 aromatic rings. The van der Waals surface area contributed by atoms with Crippen molar-refractivity contribution in [3.05, 3.63) is 24.4 Å². The topological polar surface area (TPSA) is 53.5 Å². The fourth-order valence-corrected chi connectivity index (χ4v) is 5.11. The van der Waals surface area contributed by atoms with Gasteiger partial charge >= 0.3 is 0 Å². The van der Waals surface area contributed by atoms with Crippen molar-refractivity contribution in [2.24, 2.45) is 11.3 Å². The van der Waals surface area contributed by atoms with E-state index in [1.807, 2.05) is 35.0 Å². The Balaban J connectivity index is 1.20. The quantitative estimate of drug-likeness (QED) is 0.732. The van der Waals surface area contributed by atoms with E-state index in [1.165, 1.54) is 37.4 Å². The first-order chi connectivity index (χ1) is 12.1. The molecular weight excluding hydrogens is 334 g/mol. The average molecular weight is 359 g/mol. The van der Waals surface area contributed by atoms with Crippen LogP contribution in [0.5, 0.6) is 0 Å². The van der Waals surface area contributed by atoms with Crippen LogP contribution in [0.1, 0.15) is 32.1 Å². The van der Waals surface area contributed by atoms with Crippen LogP contribution in [0.15, 0.2) is 29.4 Å². The van der Waals surface area contributed by atoms with Crippen LogP contribution in [0.3, 0.4) is 0 Å². The number of likely N-dealkylation sites (N-methyl/N-ethyl adjacent to an activating group) is 1. The van der Waals surface area contributed by atoms with Crippen molar-refractivity contribution in [1.29, 1.82) is 0 Å². The standard InChI is InChI=1S/C19H25N3O2S/c1-21(17(23)10-19-7-4-5-14(19)9-19)15-11-22(12-15)18(24)13-25-16-6-2-3-8-20-16/h2-3,6,8,14-15H,4-5,7,9-13H2,1H3. The highest BCUT2D eigenvalue weighted by molar-refractivity contribution is 7.99. The second-order valence-corrected chi connectivity index (χ2v) is 8.74. The van der Waals surface area contributed by atoms with Crippen LogP contribution < -0.4 is 0 Å². The summed E-state index contributed by atoms with van der Waals surface area (Å²) in [5, 5.41) is 0.870. The van der Waals surface area contributed by atoms with Gasteiger partial charge in [0.15, 0.2) is 0 Å². The van der Waals surface area contributed by atoms with Crippen LogP contribution in [0.25, 0.3) is 0 Å². The molecule has 0 bridgehead atoms. The molecule has 4 rings (SSSR count). The monoisotopic (exact) mass is 359 g/mol. The van der Waals surface area contributed by atoms with Crippen molar-refractivity contribution in [1.82, 2.24) is 14.8 Å². The zero-order valence-corrected chi connectivity index (χ0v) is 15.5. The maximum Gasteiger partial charge on any atom is 0.233 e. The van der Waals surface area contributed by atoms with Crippen molar-refractivity contribution >= 4 is 23.6 Å². The van der Waals surface area contributed by atoms with Gasteiger partial charge in [0.25, 0.3) is 0 Å². The Hall–Kier alpha value is -1.56. The van der Waals surface area contributed by atoms with Gasteiger partial charge in [-0.05, 0) is 42.7 Å². The third-order valence-corrected chi connectivity index (χ3v) is 7.16. The Morgan fingerprint density at radius 1 is 1.40 bits per heavy atom. The Labute approximate surface area is 153 Å². The molecular formula is C19H25N3O2S. The number of carbonyl (C=O) groups is 2. The van der Waals surface area contributed by atoms with Gasteiger partial charge in [0.1, 0.15) is 0 Å². The third kappa shape index (κ3) is 3.41. The predicted molar refractivity (Wildman–Crippen MR) is 97.1 cm³/mol. The SMILES string of the molecule is CN(C(=O)CC12CCCC1C2)C1CN(C(=O)CSc2ccccn2)C1. The number of rotatable bonds is 6. The highest BCUT2D eigenvalue weighted by atomic mass is 32.2. The first-order valence-corrected chi connectivity index (χ1v) is 10.1. The fraction of sp³-hybridized carbons (Fsp3) is 0.632. The summed E-state index contributed by atoms with van der Waals surface area (Å²) >= 11 is 1.47.